The highest BCUT2D eigenvalue weighted by Crippen LogP contribution is 2.06. The van der Waals surface area contributed by atoms with E-state index in [4.69, 9.17) is 0 Å². The molecular formula is C11H24N2O2S. The van der Waals surface area contributed by atoms with Crippen LogP contribution in [0.1, 0.15) is 26.7 Å². The number of hydrogen-bond donors (Lipinski definition) is 0. The lowest BCUT2D eigenvalue weighted by molar-refractivity contribution is 0.251. The molecule has 16 heavy (non-hydrogen) atoms. The molecule has 0 aromatic rings. The predicted molar refractivity (Wildman–Crippen MR) is 67.2 cm³/mol. The van der Waals surface area contributed by atoms with Gasteiger partial charge in [-0.05, 0) is 13.0 Å². The van der Waals surface area contributed by atoms with Crippen molar-refractivity contribution >= 4 is 9.84 Å². The smallest absolute Gasteiger partial charge is 0.151 e. The van der Waals surface area contributed by atoms with E-state index in [0.717, 1.165) is 26.3 Å². The summed E-state index contributed by atoms with van der Waals surface area (Å²) in [7, 11) is -2.80. The average Bonchev–Trinajstić information content (AvgIpc) is 2.72. The summed E-state index contributed by atoms with van der Waals surface area (Å²) in [6.45, 7) is 8.80. The molecule has 0 spiro atoms. The molecule has 0 aromatic heterocycles. The van der Waals surface area contributed by atoms with Crippen molar-refractivity contribution < 1.29 is 8.42 Å². The Morgan fingerprint density at radius 3 is 2.25 bits per heavy atom. The normalized spacial score (nSPS) is 19.4. The quantitative estimate of drug-likeness (QED) is 0.668. The average molecular weight is 248 g/mol. The van der Waals surface area contributed by atoms with Gasteiger partial charge in [-0.15, -0.1) is 0 Å². The van der Waals surface area contributed by atoms with Crippen molar-refractivity contribution in [3.63, 3.8) is 0 Å². The molecule has 0 atom stereocenters. The van der Waals surface area contributed by atoms with Crippen molar-refractivity contribution in [2.24, 2.45) is 0 Å². The van der Waals surface area contributed by atoms with Gasteiger partial charge in [0.15, 0.2) is 9.84 Å². The molecule has 0 N–H and O–H groups in total. The first kappa shape index (κ1) is 13.9. The largest absolute Gasteiger partial charge is 0.289 e. The second-order valence-electron chi connectivity index (χ2n) is 4.47. The Morgan fingerprint density at radius 2 is 1.69 bits per heavy atom. The Morgan fingerprint density at radius 1 is 1.06 bits per heavy atom. The highest BCUT2D eigenvalue weighted by atomic mass is 32.2. The van der Waals surface area contributed by atoms with Crippen molar-refractivity contribution in [2.75, 3.05) is 44.4 Å². The van der Waals surface area contributed by atoms with E-state index in [0.29, 0.717) is 12.3 Å². The minimum atomic E-state index is -2.80. The Hall–Kier alpha value is -0.130. The topological polar surface area (TPSA) is 40.6 Å². The zero-order valence-electron chi connectivity index (χ0n) is 10.5. The minimum Gasteiger partial charge on any atom is -0.289 e. The second-order valence-corrected chi connectivity index (χ2v) is 6.94. The first-order valence-electron chi connectivity index (χ1n) is 6.22. The van der Waals surface area contributed by atoms with Crippen LogP contribution >= 0.6 is 0 Å². The Kier molecular flexibility index (Phi) is 5.72. The summed E-state index contributed by atoms with van der Waals surface area (Å²) in [4.78, 5) is 4.64. The van der Waals surface area contributed by atoms with Crippen molar-refractivity contribution in [3.05, 3.63) is 0 Å². The molecule has 5 heteroatoms. The van der Waals surface area contributed by atoms with Crippen molar-refractivity contribution in [1.29, 1.82) is 0 Å². The van der Waals surface area contributed by atoms with Gasteiger partial charge >= 0.3 is 0 Å². The summed E-state index contributed by atoms with van der Waals surface area (Å²) in [5.41, 5.74) is 0. The van der Waals surface area contributed by atoms with Gasteiger partial charge in [0.2, 0.25) is 0 Å². The third-order valence-electron chi connectivity index (χ3n) is 3.12. The molecule has 1 saturated heterocycles. The van der Waals surface area contributed by atoms with Crippen molar-refractivity contribution in [2.45, 2.75) is 26.7 Å². The minimum absolute atomic E-state index is 0.264. The van der Waals surface area contributed by atoms with E-state index in [-0.39, 0.29) is 5.75 Å². The summed E-state index contributed by atoms with van der Waals surface area (Å²) in [5.74, 6) is 0.575. The zero-order valence-corrected chi connectivity index (χ0v) is 11.3. The molecule has 96 valence electrons. The maximum atomic E-state index is 11.4. The highest BCUT2D eigenvalue weighted by Gasteiger charge is 2.20. The van der Waals surface area contributed by atoms with E-state index in [1.165, 1.54) is 12.8 Å². The third-order valence-corrected chi connectivity index (χ3v) is 4.80. The maximum Gasteiger partial charge on any atom is 0.151 e. The van der Waals surface area contributed by atoms with Crippen LogP contribution in [0.4, 0.5) is 0 Å². The first-order chi connectivity index (χ1) is 7.57. The lowest BCUT2D eigenvalue weighted by atomic mass is 10.3. The van der Waals surface area contributed by atoms with Crippen LogP contribution in [0.2, 0.25) is 0 Å². The Labute approximate surface area is 99.5 Å². The fourth-order valence-corrected chi connectivity index (χ4v) is 2.69. The van der Waals surface area contributed by atoms with Gasteiger partial charge in [-0.1, -0.05) is 20.3 Å². The van der Waals surface area contributed by atoms with Crippen LogP contribution in [-0.4, -0.2) is 62.6 Å². The number of nitrogens with zero attached hydrogens (tertiary/aromatic N) is 2. The van der Waals surface area contributed by atoms with Gasteiger partial charge in [0.05, 0.1) is 12.4 Å². The molecular weight excluding hydrogens is 224 g/mol. The predicted octanol–water partition coefficient (Wildman–Crippen LogP) is 0.796. The number of hydrogen-bond acceptors (Lipinski definition) is 4. The first-order valence-corrected chi connectivity index (χ1v) is 8.04. The standard InChI is InChI=1S/C11H24N2O2S/c1-3-5-6-12-7-8-13(11-12)9-10-16(14,15)4-2/h3-11H2,1-2H3. The van der Waals surface area contributed by atoms with Crippen LogP contribution in [0, 0.1) is 0 Å². The van der Waals surface area contributed by atoms with Gasteiger partial charge < -0.3 is 0 Å². The Bertz CT molecular complexity index is 290. The maximum absolute atomic E-state index is 11.4. The summed E-state index contributed by atoms with van der Waals surface area (Å²) in [6.07, 6.45) is 2.46. The van der Waals surface area contributed by atoms with E-state index in [1.54, 1.807) is 6.92 Å². The highest BCUT2D eigenvalue weighted by molar-refractivity contribution is 7.91. The molecule has 4 nitrogen and oxygen atoms in total. The fourth-order valence-electron chi connectivity index (χ4n) is 1.87. The molecule has 1 aliphatic rings. The molecule has 0 bridgehead atoms. The van der Waals surface area contributed by atoms with Gasteiger partial charge in [-0.25, -0.2) is 8.42 Å². The summed E-state index contributed by atoms with van der Waals surface area (Å²) in [5, 5.41) is 0. The van der Waals surface area contributed by atoms with Gasteiger partial charge in [0, 0.05) is 25.4 Å². The Balaban J connectivity index is 2.21. The van der Waals surface area contributed by atoms with Crippen LogP contribution in [0.3, 0.4) is 0 Å². The molecule has 0 saturated carbocycles. The van der Waals surface area contributed by atoms with Gasteiger partial charge in [0.1, 0.15) is 0 Å². The van der Waals surface area contributed by atoms with Gasteiger partial charge in [0.25, 0.3) is 0 Å². The summed E-state index contributed by atoms with van der Waals surface area (Å²) in [6, 6.07) is 0. The summed E-state index contributed by atoms with van der Waals surface area (Å²) < 4.78 is 22.7. The lowest BCUT2D eigenvalue weighted by Gasteiger charge is -2.17. The van der Waals surface area contributed by atoms with Crippen LogP contribution in [0.15, 0.2) is 0 Å². The van der Waals surface area contributed by atoms with Crippen molar-refractivity contribution in [3.8, 4) is 0 Å². The van der Waals surface area contributed by atoms with Gasteiger partial charge in [-0.2, -0.15) is 0 Å². The van der Waals surface area contributed by atoms with Crippen LogP contribution < -0.4 is 0 Å². The lowest BCUT2D eigenvalue weighted by Crippen LogP contribution is -2.30. The molecule has 1 heterocycles. The number of sulfone groups is 1. The van der Waals surface area contributed by atoms with Gasteiger partial charge in [-0.3, -0.25) is 9.80 Å². The SMILES string of the molecule is CCCCN1CCN(CCS(=O)(=O)CC)C1. The van der Waals surface area contributed by atoms with Crippen LogP contribution in [-0.2, 0) is 9.84 Å². The molecule has 1 fully saturated rings. The summed E-state index contributed by atoms with van der Waals surface area (Å²) >= 11 is 0. The molecule has 0 unspecified atom stereocenters. The molecule has 0 aliphatic carbocycles. The third kappa shape index (κ3) is 4.80. The molecule has 1 rings (SSSR count). The fraction of sp³-hybridized carbons (Fsp3) is 1.00. The molecule has 1 aliphatic heterocycles. The van der Waals surface area contributed by atoms with E-state index in [1.807, 2.05) is 0 Å². The number of unbranched alkanes of at least 4 members (excludes halogenated alkanes) is 1. The van der Waals surface area contributed by atoms with E-state index in [2.05, 4.69) is 16.7 Å². The zero-order chi connectivity index (χ0) is 12.0. The van der Waals surface area contributed by atoms with E-state index < -0.39 is 9.84 Å². The van der Waals surface area contributed by atoms with Crippen molar-refractivity contribution in [1.82, 2.24) is 9.80 Å². The van der Waals surface area contributed by atoms with E-state index >= 15 is 0 Å². The van der Waals surface area contributed by atoms with Crippen LogP contribution in [0.5, 0.6) is 0 Å². The number of rotatable bonds is 7. The molecule has 0 amide bonds. The monoisotopic (exact) mass is 248 g/mol. The van der Waals surface area contributed by atoms with Crippen LogP contribution in [0.25, 0.3) is 0 Å². The molecule has 0 radical (unpaired) electrons. The molecule has 0 aromatic carbocycles. The van der Waals surface area contributed by atoms with E-state index in [9.17, 15) is 8.42 Å². The second kappa shape index (κ2) is 6.57.